The Morgan fingerprint density at radius 2 is 2.29 bits per heavy atom. The first-order chi connectivity index (χ1) is 8.21. The summed E-state index contributed by atoms with van der Waals surface area (Å²) in [4.78, 5) is 0. The lowest BCUT2D eigenvalue weighted by Gasteiger charge is -2.18. The Balaban J connectivity index is 2.77. The fourth-order valence-corrected chi connectivity index (χ4v) is 1.70. The van der Waals surface area contributed by atoms with Gasteiger partial charge in [0.15, 0.2) is 0 Å². The number of nitrogen functional groups attached to an aromatic ring is 1. The molecule has 1 rings (SSSR count). The molecule has 0 fully saturated rings. The van der Waals surface area contributed by atoms with Crippen LogP contribution in [0.5, 0.6) is 0 Å². The molecule has 0 aliphatic carbocycles. The van der Waals surface area contributed by atoms with Crippen LogP contribution in [0.25, 0.3) is 0 Å². The monoisotopic (exact) mass is 233 g/mol. The van der Waals surface area contributed by atoms with Gasteiger partial charge in [0, 0.05) is 24.0 Å². The smallest absolute Gasteiger partial charge is 0.0670 e. The summed E-state index contributed by atoms with van der Waals surface area (Å²) in [6.07, 6.45) is 1.98. The van der Waals surface area contributed by atoms with E-state index >= 15 is 0 Å². The van der Waals surface area contributed by atoms with E-state index in [1.807, 2.05) is 12.1 Å². The molecule has 0 heterocycles. The second-order valence-electron chi connectivity index (χ2n) is 4.01. The third-order valence-corrected chi connectivity index (χ3v) is 2.75. The number of nitrogens with one attached hydrogen (secondary N) is 1. The second kappa shape index (κ2) is 6.77. The molecule has 0 aromatic heterocycles. The van der Waals surface area contributed by atoms with Crippen LogP contribution in [0.2, 0.25) is 0 Å². The van der Waals surface area contributed by atoms with E-state index in [2.05, 4.69) is 18.3 Å². The van der Waals surface area contributed by atoms with Gasteiger partial charge in [0.05, 0.1) is 12.5 Å². The number of aliphatic hydroxyl groups excluding tert-OH is 1. The van der Waals surface area contributed by atoms with E-state index in [1.54, 1.807) is 6.07 Å². The molecule has 1 aromatic carbocycles. The average molecular weight is 233 g/mol. The summed E-state index contributed by atoms with van der Waals surface area (Å²) in [5.74, 6) is 0. The first-order valence-electron chi connectivity index (χ1n) is 5.84. The Bertz CT molecular complexity index is 398. The van der Waals surface area contributed by atoms with Gasteiger partial charge < -0.3 is 16.2 Å². The van der Waals surface area contributed by atoms with Crippen LogP contribution in [0.4, 0.5) is 11.4 Å². The highest BCUT2D eigenvalue weighted by Crippen LogP contribution is 2.19. The molecule has 0 spiro atoms. The number of anilines is 2. The minimum absolute atomic E-state index is 0.172. The van der Waals surface area contributed by atoms with Crippen LogP contribution in [-0.4, -0.2) is 17.8 Å². The molecule has 4 nitrogen and oxygen atoms in total. The van der Waals surface area contributed by atoms with Gasteiger partial charge in [-0.3, -0.25) is 0 Å². The minimum Gasteiger partial charge on any atom is -0.398 e. The van der Waals surface area contributed by atoms with Crippen molar-refractivity contribution in [3.8, 4) is 6.07 Å². The highest BCUT2D eigenvalue weighted by atomic mass is 16.3. The first kappa shape index (κ1) is 13.3. The topological polar surface area (TPSA) is 82.1 Å². The highest BCUT2D eigenvalue weighted by molar-refractivity contribution is 5.58. The van der Waals surface area contributed by atoms with E-state index in [1.165, 1.54) is 0 Å². The quantitative estimate of drug-likeness (QED) is 0.655. The maximum Gasteiger partial charge on any atom is 0.0670 e. The molecule has 0 saturated heterocycles. The van der Waals surface area contributed by atoms with Gasteiger partial charge >= 0.3 is 0 Å². The molecule has 4 N–H and O–H groups in total. The molecular formula is C13H19N3O. The third kappa shape index (κ3) is 3.97. The van der Waals surface area contributed by atoms with Gasteiger partial charge in [-0.1, -0.05) is 6.92 Å². The second-order valence-corrected chi connectivity index (χ2v) is 4.01. The van der Waals surface area contributed by atoms with Crippen LogP contribution < -0.4 is 11.1 Å². The van der Waals surface area contributed by atoms with Gasteiger partial charge in [0.1, 0.15) is 0 Å². The lowest BCUT2D eigenvalue weighted by Crippen LogP contribution is -2.19. The number of nitrogens with zero attached hydrogens (tertiary/aromatic N) is 1. The number of nitriles is 1. The Hall–Kier alpha value is -1.73. The van der Waals surface area contributed by atoms with Crippen molar-refractivity contribution in [3.63, 3.8) is 0 Å². The van der Waals surface area contributed by atoms with Crippen LogP contribution in [0.3, 0.4) is 0 Å². The predicted octanol–water partition coefficient (Wildman–Crippen LogP) is 1.91. The molecule has 1 unspecified atom stereocenters. The molecule has 17 heavy (non-hydrogen) atoms. The summed E-state index contributed by atoms with van der Waals surface area (Å²) in [7, 11) is 0. The average Bonchev–Trinajstić information content (AvgIpc) is 2.33. The standard InChI is InChI=1S/C13H19N3O/c1-2-11(6-8-17)16-12-3-4-13(15)10(9-12)5-7-14/h3-4,9,11,16-17H,2,5-6,8,15H2,1H3. The van der Waals surface area contributed by atoms with Crippen molar-refractivity contribution >= 4 is 11.4 Å². The van der Waals surface area contributed by atoms with Gasteiger partial charge in [0.25, 0.3) is 0 Å². The number of nitrogens with two attached hydrogens (primary N) is 1. The van der Waals surface area contributed by atoms with Crippen molar-refractivity contribution in [3.05, 3.63) is 23.8 Å². The summed E-state index contributed by atoms with van der Waals surface area (Å²) >= 11 is 0. The van der Waals surface area contributed by atoms with Crippen molar-refractivity contribution in [2.75, 3.05) is 17.7 Å². The Kier molecular flexibility index (Phi) is 5.31. The van der Waals surface area contributed by atoms with Crippen LogP contribution in [0.1, 0.15) is 25.3 Å². The van der Waals surface area contributed by atoms with E-state index in [0.717, 1.165) is 17.7 Å². The summed E-state index contributed by atoms with van der Waals surface area (Å²) < 4.78 is 0. The van der Waals surface area contributed by atoms with Crippen molar-refractivity contribution in [1.29, 1.82) is 5.26 Å². The minimum atomic E-state index is 0.172. The Labute approximate surface area is 102 Å². The number of aliphatic hydroxyl groups is 1. The molecular weight excluding hydrogens is 214 g/mol. The fourth-order valence-electron chi connectivity index (χ4n) is 1.70. The van der Waals surface area contributed by atoms with Gasteiger partial charge in [-0.2, -0.15) is 5.26 Å². The van der Waals surface area contributed by atoms with E-state index < -0.39 is 0 Å². The highest BCUT2D eigenvalue weighted by Gasteiger charge is 2.06. The molecule has 92 valence electrons. The molecule has 0 amide bonds. The Morgan fingerprint density at radius 1 is 1.53 bits per heavy atom. The summed E-state index contributed by atoms with van der Waals surface area (Å²) in [6, 6.07) is 7.95. The maximum atomic E-state index is 8.93. The molecule has 0 aliphatic heterocycles. The lowest BCUT2D eigenvalue weighted by molar-refractivity contribution is 0.278. The van der Waals surface area contributed by atoms with E-state index in [9.17, 15) is 0 Å². The molecule has 0 saturated carbocycles. The zero-order valence-corrected chi connectivity index (χ0v) is 10.1. The number of rotatable bonds is 6. The van der Waals surface area contributed by atoms with Crippen LogP contribution in [0.15, 0.2) is 18.2 Å². The van der Waals surface area contributed by atoms with E-state index in [0.29, 0.717) is 18.5 Å². The van der Waals surface area contributed by atoms with Gasteiger partial charge in [-0.15, -0.1) is 0 Å². The molecule has 1 atom stereocenters. The molecule has 4 heteroatoms. The van der Waals surface area contributed by atoms with Crippen LogP contribution >= 0.6 is 0 Å². The molecule has 1 aromatic rings. The zero-order valence-electron chi connectivity index (χ0n) is 10.1. The first-order valence-corrected chi connectivity index (χ1v) is 5.84. The largest absolute Gasteiger partial charge is 0.398 e. The maximum absolute atomic E-state index is 8.93. The van der Waals surface area contributed by atoms with E-state index in [-0.39, 0.29) is 12.6 Å². The van der Waals surface area contributed by atoms with Gasteiger partial charge in [-0.05, 0) is 36.6 Å². The summed E-state index contributed by atoms with van der Waals surface area (Å²) in [5.41, 5.74) is 8.22. The number of benzene rings is 1. The van der Waals surface area contributed by atoms with Crippen LogP contribution in [-0.2, 0) is 6.42 Å². The van der Waals surface area contributed by atoms with Crippen molar-refractivity contribution in [2.45, 2.75) is 32.2 Å². The normalized spacial score (nSPS) is 11.8. The number of hydrogen-bond acceptors (Lipinski definition) is 4. The molecule has 0 radical (unpaired) electrons. The van der Waals surface area contributed by atoms with Gasteiger partial charge in [-0.25, -0.2) is 0 Å². The fraction of sp³-hybridized carbons (Fsp3) is 0.462. The van der Waals surface area contributed by atoms with Crippen molar-refractivity contribution < 1.29 is 5.11 Å². The van der Waals surface area contributed by atoms with Gasteiger partial charge in [0.2, 0.25) is 0 Å². The summed E-state index contributed by atoms with van der Waals surface area (Å²) in [6.45, 7) is 2.24. The zero-order chi connectivity index (χ0) is 12.7. The predicted molar refractivity (Wildman–Crippen MR) is 69.6 cm³/mol. The van der Waals surface area contributed by atoms with E-state index in [4.69, 9.17) is 16.1 Å². The SMILES string of the molecule is CCC(CCO)Nc1ccc(N)c(CC#N)c1. The van der Waals surface area contributed by atoms with Crippen molar-refractivity contribution in [1.82, 2.24) is 0 Å². The van der Waals surface area contributed by atoms with Crippen LogP contribution in [0, 0.1) is 11.3 Å². The Morgan fingerprint density at radius 3 is 2.88 bits per heavy atom. The summed E-state index contributed by atoms with van der Waals surface area (Å²) in [5, 5.41) is 20.9. The van der Waals surface area contributed by atoms with Crippen molar-refractivity contribution in [2.24, 2.45) is 0 Å². The lowest BCUT2D eigenvalue weighted by atomic mass is 10.1. The number of hydrogen-bond donors (Lipinski definition) is 3. The third-order valence-electron chi connectivity index (χ3n) is 2.75. The molecule has 0 bridgehead atoms. The molecule has 0 aliphatic rings.